The zero-order valence-electron chi connectivity index (χ0n) is 12.7. The minimum atomic E-state index is 0.0119. The fraction of sp³-hybridized carbons (Fsp3) is 0.562. The molecular weight excluding hydrogens is 236 g/mol. The molecule has 106 valence electrons. The van der Waals surface area contributed by atoms with Gasteiger partial charge in [0, 0.05) is 19.5 Å². The quantitative estimate of drug-likeness (QED) is 0.855. The van der Waals surface area contributed by atoms with Gasteiger partial charge in [-0.25, -0.2) is 0 Å². The predicted molar refractivity (Wildman–Crippen MR) is 80.1 cm³/mol. The zero-order chi connectivity index (χ0) is 14.4. The molecule has 3 nitrogen and oxygen atoms in total. The third-order valence-corrected chi connectivity index (χ3v) is 3.61. The number of hydrogen-bond donors (Lipinski definition) is 1. The lowest BCUT2D eigenvalue weighted by molar-refractivity contribution is -0.135. The average molecular weight is 262 g/mol. The number of rotatable bonds is 6. The average Bonchev–Trinajstić information content (AvgIpc) is 2.43. The maximum absolute atomic E-state index is 12.3. The lowest BCUT2D eigenvalue weighted by Crippen LogP contribution is -2.38. The van der Waals surface area contributed by atoms with Crippen LogP contribution < -0.4 is 5.32 Å². The number of carbonyl (C=O) groups excluding carboxylic acids is 1. The van der Waals surface area contributed by atoms with E-state index < -0.39 is 0 Å². The maximum atomic E-state index is 12.3. The Balaban J connectivity index is 2.67. The van der Waals surface area contributed by atoms with Crippen LogP contribution >= 0.6 is 0 Å². The van der Waals surface area contributed by atoms with Gasteiger partial charge in [-0.15, -0.1) is 0 Å². The van der Waals surface area contributed by atoms with E-state index in [2.05, 4.69) is 50.4 Å². The number of hydrogen-bond acceptors (Lipinski definition) is 2. The Labute approximate surface area is 117 Å². The Morgan fingerprint density at radius 2 is 1.84 bits per heavy atom. The topological polar surface area (TPSA) is 32.3 Å². The number of aryl methyl sites for hydroxylation is 1. The highest BCUT2D eigenvalue weighted by atomic mass is 16.2. The van der Waals surface area contributed by atoms with Crippen LogP contribution in [0.25, 0.3) is 0 Å². The minimum absolute atomic E-state index is 0.0119. The summed E-state index contributed by atoms with van der Waals surface area (Å²) in [6, 6.07) is 8.48. The van der Waals surface area contributed by atoms with Crippen LogP contribution in [-0.2, 0) is 4.79 Å². The maximum Gasteiger partial charge on any atom is 0.226 e. The molecule has 1 rings (SSSR count). The molecule has 0 heterocycles. The second-order valence-electron chi connectivity index (χ2n) is 5.24. The van der Waals surface area contributed by atoms with Crippen molar-refractivity contribution in [3.05, 3.63) is 35.4 Å². The first-order valence-electron chi connectivity index (χ1n) is 7.01. The van der Waals surface area contributed by atoms with Gasteiger partial charge in [-0.2, -0.15) is 0 Å². The molecule has 1 N–H and O–H groups in total. The molecule has 2 unspecified atom stereocenters. The second-order valence-corrected chi connectivity index (χ2v) is 5.24. The predicted octanol–water partition coefficient (Wildman–Crippen LogP) is 2.76. The van der Waals surface area contributed by atoms with Gasteiger partial charge in [-0.3, -0.25) is 4.79 Å². The molecule has 0 saturated carbocycles. The van der Waals surface area contributed by atoms with E-state index in [4.69, 9.17) is 0 Å². The van der Waals surface area contributed by atoms with Crippen LogP contribution in [0.3, 0.4) is 0 Å². The molecule has 0 aliphatic rings. The highest BCUT2D eigenvalue weighted by molar-refractivity contribution is 5.78. The standard InChI is InChI=1S/C16H26N2O/c1-6-17-11-13(3)16(19)18(5)14(4)15-9-7-12(2)8-10-15/h7-10,13-14,17H,6,11H2,1-5H3. The first-order valence-corrected chi connectivity index (χ1v) is 7.01. The van der Waals surface area contributed by atoms with E-state index in [-0.39, 0.29) is 17.9 Å². The van der Waals surface area contributed by atoms with E-state index in [0.29, 0.717) is 0 Å². The van der Waals surface area contributed by atoms with Gasteiger partial charge >= 0.3 is 0 Å². The molecule has 1 aromatic rings. The normalized spacial score (nSPS) is 13.9. The van der Waals surface area contributed by atoms with E-state index in [9.17, 15) is 4.79 Å². The van der Waals surface area contributed by atoms with Crippen LogP contribution in [0.15, 0.2) is 24.3 Å². The van der Waals surface area contributed by atoms with Gasteiger partial charge in [-0.1, -0.05) is 43.7 Å². The van der Waals surface area contributed by atoms with Crippen molar-refractivity contribution in [1.82, 2.24) is 10.2 Å². The smallest absolute Gasteiger partial charge is 0.226 e. The summed E-state index contributed by atoms with van der Waals surface area (Å²) in [6.45, 7) is 9.80. The number of benzene rings is 1. The van der Waals surface area contributed by atoms with Crippen LogP contribution in [0.2, 0.25) is 0 Å². The molecular formula is C16H26N2O. The molecule has 0 aliphatic heterocycles. The number of amides is 1. The molecule has 19 heavy (non-hydrogen) atoms. The molecule has 0 aliphatic carbocycles. The van der Waals surface area contributed by atoms with Crippen molar-refractivity contribution in [2.24, 2.45) is 5.92 Å². The van der Waals surface area contributed by atoms with Gasteiger partial charge in [-0.05, 0) is 26.0 Å². The minimum Gasteiger partial charge on any atom is -0.339 e. The van der Waals surface area contributed by atoms with E-state index in [1.54, 1.807) is 0 Å². The fourth-order valence-electron chi connectivity index (χ4n) is 2.06. The molecule has 0 saturated heterocycles. The molecule has 1 amide bonds. The molecule has 0 spiro atoms. The largest absolute Gasteiger partial charge is 0.339 e. The van der Waals surface area contributed by atoms with Crippen molar-refractivity contribution in [3.63, 3.8) is 0 Å². The van der Waals surface area contributed by atoms with E-state index >= 15 is 0 Å². The monoisotopic (exact) mass is 262 g/mol. The number of carbonyl (C=O) groups is 1. The lowest BCUT2D eigenvalue weighted by atomic mass is 10.0. The molecule has 2 atom stereocenters. The van der Waals surface area contributed by atoms with Crippen molar-refractivity contribution in [2.45, 2.75) is 33.7 Å². The lowest BCUT2D eigenvalue weighted by Gasteiger charge is -2.28. The van der Waals surface area contributed by atoms with Crippen LogP contribution in [0, 0.1) is 12.8 Å². The SMILES string of the molecule is CCNCC(C)C(=O)N(C)C(C)c1ccc(C)cc1. The van der Waals surface area contributed by atoms with Crippen molar-refractivity contribution in [3.8, 4) is 0 Å². The second kappa shape index (κ2) is 7.29. The van der Waals surface area contributed by atoms with Crippen molar-refractivity contribution in [1.29, 1.82) is 0 Å². The summed E-state index contributed by atoms with van der Waals surface area (Å²) in [5.74, 6) is 0.201. The van der Waals surface area contributed by atoms with Crippen LogP contribution in [-0.4, -0.2) is 30.9 Å². The van der Waals surface area contributed by atoms with Gasteiger partial charge in [0.25, 0.3) is 0 Å². The first-order chi connectivity index (χ1) is 8.97. The van der Waals surface area contributed by atoms with E-state index in [1.165, 1.54) is 11.1 Å². The number of nitrogens with one attached hydrogen (secondary N) is 1. The third-order valence-electron chi connectivity index (χ3n) is 3.61. The zero-order valence-corrected chi connectivity index (χ0v) is 12.7. The first kappa shape index (κ1) is 15.7. The van der Waals surface area contributed by atoms with Crippen LogP contribution in [0.5, 0.6) is 0 Å². The van der Waals surface area contributed by atoms with Gasteiger partial charge in [0.15, 0.2) is 0 Å². The Bertz CT molecular complexity index is 400. The highest BCUT2D eigenvalue weighted by Crippen LogP contribution is 2.20. The summed E-state index contributed by atoms with van der Waals surface area (Å²) < 4.78 is 0. The van der Waals surface area contributed by atoms with E-state index in [1.807, 2.05) is 18.9 Å². The third kappa shape index (κ3) is 4.35. The molecule has 0 fully saturated rings. The van der Waals surface area contributed by atoms with Crippen molar-refractivity contribution in [2.75, 3.05) is 20.1 Å². The molecule has 0 aromatic heterocycles. The summed E-state index contributed by atoms with van der Waals surface area (Å²) in [5, 5.41) is 3.22. The summed E-state index contributed by atoms with van der Waals surface area (Å²) in [4.78, 5) is 14.2. The van der Waals surface area contributed by atoms with E-state index in [0.717, 1.165) is 13.1 Å². The van der Waals surface area contributed by atoms with Crippen LogP contribution in [0.4, 0.5) is 0 Å². The Morgan fingerprint density at radius 1 is 1.26 bits per heavy atom. The molecule has 0 bridgehead atoms. The summed E-state index contributed by atoms with van der Waals surface area (Å²) in [5.41, 5.74) is 2.42. The Morgan fingerprint density at radius 3 is 2.37 bits per heavy atom. The van der Waals surface area contributed by atoms with Gasteiger partial charge in [0.1, 0.15) is 0 Å². The summed E-state index contributed by atoms with van der Waals surface area (Å²) in [7, 11) is 1.88. The van der Waals surface area contributed by atoms with Crippen molar-refractivity contribution >= 4 is 5.91 Å². The summed E-state index contributed by atoms with van der Waals surface area (Å²) in [6.07, 6.45) is 0. The Hall–Kier alpha value is -1.35. The van der Waals surface area contributed by atoms with Crippen LogP contribution in [0.1, 0.15) is 37.9 Å². The fourth-order valence-corrected chi connectivity index (χ4v) is 2.06. The van der Waals surface area contributed by atoms with Gasteiger partial charge in [0.2, 0.25) is 5.91 Å². The molecule has 3 heteroatoms. The van der Waals surface area contributed by atoms with Crippen molar-refractivity contribution < 1.29 is 4.79 Å². The number of nitrogens with zero attached hydrogens (tertiary/aromatic N) is 1. The molecule has 0 radical (unpaired) electrons. The van der Waals surface area contributed by atoms with Gasteiger partial charge in [0.05, 0.1) is 6.04 Å². The summed E-state index contributed by atoms with van der Waals surface area (Å²) >= 11 is 0. The molecule has 1 aromatic carbocycles. The van der Waals surface area contributed by atoms with Gasteiger partial charge < -0.3 is 10.2 Å². The highest BCUT2D eigenvalue weighted by Gasteiger charge is 2.21. The Kier molecular flexibility index (Phi) is 6.03.